The smallest absolute Gasteiger partial charge is 0.419 e. The number of aromatic nitrogens is 1. The largest absolute Gasteiger partial charge is 0.487 e. The lowest BCUT2D eigenvalue weighted by Gasteiger charge is -2.36. The molecule has 0 aliphatic heterocycles. The second-order valence-corrected chi connectivity index (χ2v) is 10.0. The van der Waals surface area contributed by atoms with Crippen molar-refractivity contribution in [1.29, 1.82) is 0 Å². The number of carbonyl (C=O) groups excluding carboxylic acids is 1. The topological polar surface area (TPSA) is 51.2 Å². The van der Waals surface area contributed by atoms with E-state index in [4.69, 9.17) is 16.3 Å². The van der Waals surface area contributed by atoms with E-state index in [-0.39, 0.29) is 22.7 Å². The van der Waals surface area contributed by atoms with Gasteiger partial charge in [-0.25, -0.2) is 17.6 Å². The molecule has 0 spiro atoms. The fourth-order valence-corrected chi connectivity index (χ4v) is 4.45. The standard InChI is InChI=1S/C30H20ClF9N2O2/c31-20-7-9-25(41-15-20)28(14-17-4-2-1-3-5-17,42-26(43)18-6-8-24(33)23(10-18)30(38,39)40)19-11-21(32)13-22(12-19)44-16-29(36,37)27(34)35/h1-13,15,27H,14,16H2,(H,42,43). The lowest BCUT2D eigenvalue weighted by Crippen LogP contribution is -2.49. The number of amides is 1. The van der Waals surface area contributed by atoms with Crippen LogP contribution in [0.5, 0.6) is 5.75 Å². The van der Waals surface area contributed by atoms with Crippen molar-refractivity contribution in [2.24, 2.45) is 0 Å². The molecule has 0 bridgehead atoms. The van der Waals surface area contributed by atoms with Gasteiger partial charge in [0.25, 0.3) is 5.91 Å². The summed E-state index contributed by atoms with van der Waals surface area (Å²) in [5, 5.41) is 2.70. The summed E-state index contributed by atoms with van der Waals surface area (Å²) in [5.41, 5.74) is -4.08. The van der Waals surface area contributed by atoms with Crippen LogP contribution in [0.4, 0.5) is 39.5 Å². The van der Waals surface area contributed by atoms with Crippen LogP contribution < -0.4 is 10.1 Å². The molecule has 0 saturated carbocycles. The van der Waals surface area contributed by atoms with Crippen LogP contribution in [-0.2, 0) is 18.1 Å². The Kier molecular flexibility index (Phi) is 9.47. The van der Waals surface area contributed by atoms with Crippen LogP contribution in [0.2, 0.25) is 5.02 Å². The maximum Gasteiger partial charge on any atom is 0.419 e. The summed E-state index contributed by atoms with van der Waals surface area (Å²) >= 11 is 6.00. The summed E-state index contributed by atoms with van der Waals surface area (Å²) in [7, 11) is 0. The molecule has 0 aliphatic carbocycles. The van der Waals surface area contributed by atoms with Crippen molar-refractivity contribution in [2.75, 3.05) is 6.61 Å². The van der Waals surface area contributed by atoms with Crippen LogP contribution in [-0.4, -0.2) is 29.8 Å². The summed E-state index contributed by atoms with van der Waals surface area (Å²) in [5.74, 6) is -9.12. The number of nitrogens with one attached hydrogen (secondary N) is 1. The quantitative estimate of drug-likeness (QED) is 0.177. The number of rotatable bonds is 10. The first-order valence-electron chi connectivity index (χ1n) is 12.6. The van der Waals surface area contributed by atoms with E-state index in [1.54, 1.807) is 30.3 Å². The number of hydrogen-bond acceptors (Lipinski definition) is 3. The Morgan fingerprint density at radius 3 is 2.23 bits per heavy atom. The maximum absolute atomic E-state index is 15.0. The zero-order valence-electron chi connectivity index (χ0n) is 22.1. The van der Waals surface area contributed by atoms with Gasteiger partial charge in [0.15, 0.2) is 6.61 Å². The third kappa shape index (κ3) is 7.44. The van der Waals surface area contributed by atoms with Crippen LogP contribution in [0.3, 0.4) is 0 Å². The van der Waals surface area contributed by atoms with Gasteiger partial charge in [0.2, 0.25) is 0 Å². The molecule has 1 amide bonds. The molecule has 1 heterocycles. The highest BCUT2D eigenvalue weighted by Gasteiger charge is 2.43. The average molecular weight is 647 g/mol. The minimum absolute atomic E-state index is 0.0354. The lowest BCUT2D eigenvalue weighted by molar-refractivity contribution is -0.148. The summed E-state index contributed by atoms with van der Waals surface area (Å²) in [6.45, 7) is -1.82. The SMILES string of the molecule is O=C(NC(Cc1ccccc1)(c1cc(F)cc(OCC(F)(F)C(F)F)c1)c1ccc(Cl)cn1)c1ccc(F)c(C(F)(F)F)c1. The minimum Gasteiger partial charge on any atom is -0.487 e. The number of alkyl halides is 7. The van der Waals surface area contributed by atoms with Gasteiger partial charge in [-0.05, 0) is 53.6 Å². The Bertz CT molecular complexity index is 1620. The number of pyridine rings is 1. The molecule has 0 fully saturated rings. The van der Waals surface area contributed by atoms with E-state index in [0.29, 0.717) is 23.8 Å². The van der Waals surface area contributed by atoms with Gasteiger partial charge >= 0.3 is 18.5 Å². The Labute approximate surface area is 249 Å². The van der Waals surface area contributed by atoms with Crippen molar-refractivity contribution >= 4 is 17.5 Å². The van der Waals surface area contributed by atoms with E-state index in [0.717, 1.165) is 18.2 Å². The maximum atomic E-state index is 15.0. The van der Waals surface area contributed by atoms with Gasteiger partial charge < -0.3 is 10.1 Å². The third-order valence-electron chi connectivity index (χ3n) is 6.45. The van der Waals surface area contributed by atoms with E-state index >= 15 is 4.39 Å². The molecule has 1 atom stereocenters. The zero-order valence-corrected chi connectivity index (χ0v) is 22.9. The van der Waals surface area contributed by atoms with Crippen molar-refractivity contribution in [3.8, 4) is 5.75 Å². The normalized spacial score (nSPS) is 13.4. The summed E-state index contributed by atoms with van der Waals surface area (Å²) in [6, 6.07) is 14.9. The van der Waals surface area contributed by atoms with Crippen molar-refractivity contribution < 1.29 is 49.0 Å². The van der Waals surface area contributed by atoms with E-state index in [1.807, 2.05) is 0 Å². The van der Waals surface area contributed by atoms with E-state index in [1.165, 1.54) is 18.3 Å². The Hall–Kier alpha value is -4.26. The van der Waals surface area contributed by atoms with Crippen LogP contribution in [0.1, 0.15) is 32.7 Å². The van der Waals surface area contributed by atoms with Crippen LogP contribution in [0.25, 0.3) is 0 Å². The molecule has 0 radical (unpaired) electrons. The molecular weight excluding hydrogens is 627 g/mol. The van der Waals surface area contributed by atoms with Crippen LogP contribution in [0, 0.1) is 11.6 Å². The van der Waals surface area contributed by atoms with Gasteiger partial charge in [-0.3, -0.25) is 9.78 Å². The van der Waals surface area contributed by atoms with E-state index in [2.05, 4.69) is 10.3 Å². The van der Waals surface area contributed by atoms with Crippen molar-refractivity contribution in [2.45, 2.75) is 30.5 Å². The molecule has 0 saturated heterocycles. The first kappa shape index (κ1) is 32.6. The van der Waals surface area contributed by atoms with Crippen LogP contribution >= 0.6 is 11.6 Å². The highest BCUT2D eigenvalue weighted by atomic mass is 35.5. The highest BCUT2D eigenvalue weighted by molar-refractivity contribution is 6.30. The van der Waals surface area contributed by atoms with Crippen molar-refractivity contribution in [3.63, 3.8) is 0 Å². The van der Waals surface area contributed by atoms with Crippen molar-refractivity contribution in [3.05, 3.63) is 130 Å². The molecule has 4 nitrogen and oxygen atoms in total. The van der Waals surface area contributed by atoms with Gasteiger partial charge in [-0.1, -0.05) is 41.9 Å². The van der Waals surface area contributed by atoms with Gasteiger partial charge in [-0.2, -0.15) is 22.0 Å². The van der Waals surface area contributed by atoms with Gasteiger partial charge in [0, 0.05) is 24.2 Å². The number of benzene rings is 3. The predicted molar refractivity (Wildman–Crippen MR) is 142 cm³/mol. The molecule has 232 valence electrons. The number of nitrogens with zero attached hydrogens (tertiary/aromatic N) is 1. The lowest BCUT2D eigenvalue weighted by atomic mass is 9.80. The molecular formula is C30H20ClF9N2O2. The number of carbonyl (C=O) groups is 1. The molecule has 14 heteroatoms. The molecule has 1 unspecified atom stereocenters. The van der Waals surface area contributed by atoms with E-state index < -0.39 is 65.1 Å². The fourth-order valence-electron chi connectivity index (χ4n) is 4.34. The van der Waals surface area contributed by atoms with E-state index in [9.17, 15) is 39.9 Å². The van der Waals surface area contributed by atoms with Gasteiger partial charge in [-0.15, -0.1) is 0 Å². The Balaban J connectivity index is 1.91. The average Bonchev–Trinajstić information content (AvgIpc) is 2.96. The molecule has 44 heavy (non-hydrogen) atoms. The predicted octanol–water partition coefficient (Wildman–Crippen LogP) is 8.23. The molecule has 4 rings (SSSR count). The zero-order chi connectivity index (χ0) is 32.3. The molecule has 4 aromatic rings. The Morgan fingerprint density at radius 2 is 1.61 bits per heavy atom. The molecule has 0 aliphatic rings. The minimum atomic E-state index is -5.14. The monoisotopic (exact) mass is 646 g/mol. The number of ether oxygens (including phenoxy) is 1. The first-order chi connectivity index (χ1) is 20.6. The third-order valence-corrected chi connectivity index (χ3v) is 6.68. The molecule has 1 N–H and O–H groups in total. The fraction of sp³-hybridized carbons (Fsp3) is 0.200. The van der Waals surface area contributed by atoms with Gasteiger partial charge in [0.1, 0.15) is 22.9 Å². The van der Waals surface area contributed by atoms with Gasteiger partial charge in [0.05, 0.1) is 16.3 Å². The summed E-state index contributed by atoms with van der Waals surface area (Å²) < 4.78 is 127. The highest BCUT2D eigenvalue weighted by Crippen LogP contribution is 2.37. The van der Waals surface area contributed by atoms with Crippen LogP contribution in [0.15, 0.2) is 85.1 Å². The molecule has 1 aromatic heterocycles. The van der Waals surface area contributed by atoms with Crippen molar-refractivity contribution in [1.82, 2.24) is 10.3 Å². The molecule has 3 aromatic carbocycles. The second-order valence-electron chi connectivity index (χ2n) is 9.60. The summed E-state index contributed by atoms with van der Waals surface area (Å²) in [6.07, 6.45) is -8.31. The Morgan fingerprint density at radius 1 is 0.909 bits per heavy atom. The second kappa shape index (κ2) is 12.8. The first-order valence-corrected chi connectivity index (χ1v) is 12.9. The number of hydrogen-bond donors (Lipinski definition) is 1. The number of halogens is 10. The summed E-state index contributed by atoms with van der Waals surface area (Å²) in [4.78, 5) is 17.8.